The number of benzene rings is 1. The molecule has 3 aromatic rings. The predicted molar refractivity (Wildman–Crippen MR) is 129 cm³/mol. The monoisotopic (exact) mass is 469 g/mol. The minimum absolute atomic E-state index is 0.00924. The summed E-state index contributed by atoms with van der Waals surface area (Å²) in [5.41, 5.74) is 3.04. The summed E-state index contributed by atoms with van der Waals surface area (Å²) in [5.74, 6) is 0.320. The molecule has 2 aliphatic rings. The fraction of sp³-hybridized carbons (Fsp3) is 0.458. The summed E-state index contributed by atoms with van der Waals surface area (Å²) >= 11 is 3.02. The summed E-state index contributed by atoms with van der Waals surface area (Å²) in [6.45, 7) is 4.40. The van der Waals surface area contributed by atoms with E-state index in [0.717, 1.165) is 40.7 Å². The van der Waals surface area contributed by atoms with Crippen molar-refractivity contribution in [3.63, 3.8) is 0 Å². The van der Waals surface area contributed by atoms with E-state index in [-0.39, 0.29) is 17.2 Å². The highest BCUT2D eigenvalue weighted by molar-refractivity contribution is 7.99. The van der Waals surface area contributed by atoms with E-state index in [1.165, 1.54) is 35.0 Å². The first kappa shape index (κ1) is 21.7. The van der Waals surface area contributed by atoms with Crippen molar-refractivity contribution in [3.05, 3.63) is 50.6 Å². The SMILES string of the molecule is Cc1ccccc1-n1c(SCC(=O)N2CCOCC2)nc2sc3c(c2c1=O)CCCCC3. The van der Waals surface area contributed by atoms with Crippen LogP contribution in [0.25, 0.3) is 15.9 Å². The lowest BCUT2D eigenvalue weighted by Gasteiger charge is -2.26. The van der Waals surface area contributed by atoms with E-state index in [2.05, 4.69) is 0 Å². The zero-order chi connectivity index (χ0) is 22.1. The molecular weight excluding hydrogens is 442 g/mol. The molecule has 0 spiro atoms. The van der Waals surface area contributed by atoms with Gasteiger partial charge in [0.1, 0.15) is 4.83 Å². The van der Waals surface area contributed by atoms with E-state index < -0.39 is 0 Å². The summed E-state index contributed by atoms with van der Waals surface area (Å²) in [4.78, 5) is 35.6. The summed E-state index contributed by atoms with van der Waals surface area (Å²) in [5, 5.41) is 1.37. The van der Waals surface area contributed by atoms with Gasteiger partial charge in [-0.25, -0.2) is 4.98 Å². The third-order valence-corrected chi connectivity index (χ3v) is 8.36. The molecule has 0 atom stereocenters. The van der Waals surface area contributed by atoms with Gasteiger partial charge < -0.3 is 9.64 Å². The molecule has 168 valence electrons. The highest BCUT2D eigenvalue weighted by Crippen LogP contribution is 2.35. The molecular formula is C24H27N3O3S2. The maximum atomic E-state index is 13.9. The van der Waals surface area contributed by atoms with Crippen LogP contribution < -0.4 is 5.56 Å². The van der Waals surface area contributed by atoms with Gasteiger partial charge in [0.05, 0.1) is 30.0 Å². The average Bonchev–Trinajstić information content (AvgIpc) is 3.00. The summed E-state index contributed by atoms with van der Waals surface area (Å²) in [6, 6.07) is 7.89. The van der Waals surface area contributed by atoms with Crippen molar-refractivity contribution in [3.8, 4) is 5.69 Å². The minimum atomic E-state index is -0.00924. The number of carbonyl (C=O) groups excluding carboxylic acids is 1. The normalized spacial score (nSPS) is 16.7. The molecule has 2 aromatic heterocycles. The van der Waals surface area contributed by atoms with Gasteiger partial charge in [-0.2, -0.15) is 0 Å². The van der Waals surface area contributed by atoms with E-state index in [4.69, 9.17) is 9.72 Å². The molecule has 1 saturated heterocycles. The number of amides is 1. The van der Waals surface area contributed by atoms with E-state index in [0.29, 0.717) is 31.5 Å². The number of nitrogens with zero attached hydrogens (tertiary/aromatic N) is 3. The number of thioether (sulfide) groups is 1. The Kier molecular flexibility index (Phi) is 6.35. The Morgan fingerprint density at radius 1 is 1.16 bits per heavy atom. The van der Waals surface area contributed by atoms with Crippen molar-refractivity contribution >= 4 is 39.2 Å². The number of thiophene rings is 1. The number of aryl methyl sites for hydroxylation is 3. The fourth-order valence-electron chi connectivity index (χ4n) is 4.52. The molecule has 1 aliphatic carbocycles. The Morgan fingerprint density at radius 2 is 1.94 bits per heavy atom. The second-order valence-electron chi connectivity index (χ2n) is 8.35. The van der Waals surface area contributed by atoms with Crippen LogP contribution in [0.1, 0.15) is 35.3 Å². The molecule has 1 aromatic carbocycles. The van der Waals surface area contributed by atoms with Crippen molar-refractivity contribution in [2.24, 2.45) is 0 Å². The lowest BCUT2D eigenvalue weighted by molar-refractivity contribution is -0.132. The van der Waals surface area contributed by atoms with Crippen molar-refractivity contribution < 1.29 is 9.53 Å². The van der Waals surface area contributed by atoms with Gasteiger partial charge in [0.25, 0.3) is 5.56 Å². The lowest BCUT2D eigenvalue weighted by Crippen LogP contribution is -2.41. The van der Waals surface area contributed by atoms with Crippen LogP contribution in [0, 0.1) is 6.92 Å². The van der Waals surface area contributed by atoms with Crippen molar-refractivity contribution in [1.29, 1.82) is 0 Å². The van der Waals surface area contributed by atoms with Crippen LogP contribution in [0.15, 0.2) is 34.2 Å². The molecule has 0 unspecified atom stereocenters. The molecule has 3 heterocycles. The lowest BCUT2D eigenvalue weighted by atomic mass is 10.1. The predicted octanol–water partition coefficient (Wildman–Crippen LogP) is 3.98. The number of para-hydroxylation sites is 1. The largest absolute Gasteiger partial charge is 0.378 e. The second-order valence-corrected chi connectivity index (χ2v) is 10.4. The molecule has 6 nitrogen and oxygen atoms in total. The maximum absolute atomic E-state index is 13.9. The summed E-state index contributed by atoms with van der Waals surface area (Å²) < 4.78 is 7.09. The number of aromatic nitrogens is 2. The number of fused-ring (bicyclic) bond motifs is 3. The van der Waals surface area contributed by atoms with Crippen LogP contribution >= 0.6 is 23.1 Å². The Bertz CT molecular complexity index is 1210. The van der Waals surface area contributed by atoms with Crippen molar-refractivity contribution in [2.45, 2.75) is 44.2 Å². The van der Waals surface area contributed by atoms with Crippen molar-refractivity contribution in [1.82, 2.24) is 14.5 Å². The van der Waals surface area contributed by atoms with E-state index in [1.54, 1.807) is 15.9 Å². The first-order valence-corrected chi connectivity index (χ1v) is 13.1. The van der Waals surface area contributed by atoms with Gasteiger partial charge in [0.2, 0.25) is 5.91 Å². The molecule has 1 fully saturated rings. The van der Waals surface area contributed by atoms with Crippen LogP contribution in [0.5, 0.6) is 0 Å². The van der Waals surface area contributed by atoms with E-state index in [1.807, 2.05) is 36.1 Å². The number of ether oxygens (including phenoxy) is 1. The third-order valence-electron chi connectivity index (χ3n) is 6.25. The number of hydrogen-bond donors (Lipinski definition) is 0. The number of rotatable bonds is 4. The van der Waals surface area contributed by atoms with Crippen LogP contribution in [-0.4, -0.2) is 52.4 Å². The van der Waals surface area contributed by atoms with Gasteiger partial charge in [-0.05, 0) is 49.8 Å². The smallest absolute Gasteiger partial charge is 0.267 e. The van der Waals surface area contributed by atoms with Crippen LogP contribution in [0.3, 0.4) is 0 Å². The highest BCUT2D eigenvalue weighted by Gasteiger charge is 2.24. The van der Waals surface area contributed by atoms with Crippen LogP contribution in [0.4, 0.5) is 0 Å². The Labute approximate surface area is 195 Å². The molecule has 0 N–H and O–H groups in total. The molecule has 1 aliphatic heterocycles. The van der Waals surface area contributed by atoms with Gasteiger partial charge in [0.15, 0.2) is 5.16 Å². The number of morpholine rings is 1. The standard InChI is InChI=1S/C24H27N3O3S2/c1-16-7-5-6-9-18(16)27-23(29)21-17-8-3-2-4-10-19(17)32-22(21)25-24(27)31-15-20(28)26-11-13-30-14-12-26/h5-7,9H,2-4,8,10-15H2,1H3. The molecule has 5 rings (SSSR count). The maximum Gasteiger partial charge on any atom is 0.267 e. The highest BCUT2D eigenvalue weighted by atomic mass is 32.2. The molecule has 0 radical (unpaired) electrons. The molecule has 32 heavy (non-hydrogen) atoms. The van der Waals surface area contributed by atoms with Gasteiger partial charge in [-0.3, -0.25) is 14.2 Å². The molecule has 0 saturated carbocycles. The quantitative estimate of drug-likeness (QED) is 0.329. The topological polar surface area (TPSA) is 64.4 Å². The number of carbonyl (C=O) groups is 1. The van der Waals surface area contributed by atoms with Gasteiger partial charge in [-0.15, -0.1) is 11.3 Å². The van der Waals surface area contributed by atoms with Crippen LogP contribution in [0.2, 0.25) is 0 Å². The second kappa shape index (κ2) is 9.37. The summed E-state index contributed by atoms with van der Waals surface area (Å²) in [6.07, 6.45) is 5.47. The minimum Gasteiger partial charge on any atom is -0.378 e. The van der Waals surface area contributed by atoms with Gasteiger partial charge in [-0.1, -0.05) is 36.4 Å². The Morgan fingerprint density at radius 3 is 2.75 bits per heavy atom. The molecule has 8 heteroatoms. The van der Waals surface area contributed by atoms with Gasteiger partial charge in [0, 0.05) is 18.0 Å². The zero-order valence-electron chi connectivity index (χ0n) is 18.3. The zero-order valence-corrected chi connectivity index (χ0v) is 19.9. The first-order chi connectivity index (χ1) is 15.6. The molecule has 0 bridgehead atoms. The third kappa shape index (κ3) is 4.11. The van der Waals surface area contributed by atoms with E-state index in [9.17, 15) is 9.59 Å². The Hall–Kier alpha value is -2.16. The Balaban J connectivity index is 1.59. The molecule has 1 amide bonds. The number of hydrogen-bond acceptors (Lipinski definition) is 6. The first-order valence-electron chi connectivity index (χ1n) is 11.2. The van der Waals surface area contributed by atoms with E-state index >= 15 is 0 Å². The fourth-order valence-corrected chi connectivity index (χ4v) is 6.73. The van der Waals surface area contributed by atoms with Crippen LogP contribution in [-0.2, 0) is 22.4 Å². The van der Waals surface area contributed by atoms with Crippen molar-refractivity contribution in [2.75, 3.05) is 32.1 Å². The average molecular weight is 470 g/mol. The summed E-state index contributed by atoms with van der Waals surface area (Å²) in [7, 11) is 0. The van der Waals surface area contributed by atoms with Gasteiger partial charge >= 0.3 is 0 Å².